The molecule has 124 valence electrons. The molecule has 0 saturated carbocycles. The van der Waals surface area contributed by atoms with E-state index in [-0.39, 0.29) is 24.0 Å². The van der Waals surface area contributed by atoms with Gasteiger partial charge in [0.05, 0.1) is 36.5 Å². The second kappa shape index (κ2) is 6.23. The Bertz CT molecular complexity index is 803. The molecule has 0 fully saturated rings. The summed E-state index contributed by atoms with van der Waals surface area (Å²) in [4.78, 5) is 25.0. The number of hydrogen-bond acceptors (Lipinski definition) is 5. The number of carbonyl (C=O) groups excluding carboxylic acids is 1. The number of aromatic carboxylic acids is 1. The van der Waals surface area contributed by atoms with Gasteiger partial charge in [-0.2, -0.15) is 0 Å². The summed E-state index contributed by atoms with van der Waals surface area (Å²) in [6, 6.07) is 12.4. The Labute approximate surface area is 139 Å². The average Bonchev–Trinajstić information content (AvgIpc) is 2.70. The molecule has 2 aromatic rings. The van der Waals surface area contributed by atoms with Crippen LogP contribution in [0.5, 0.6) is 0 Å². The zero-order valence-corrected chi connectivity index (χ0v) is 13.4. The second-order valence-electron chi connectivity index (χ2n) is 5.63. The van der Waals surface area contributed by atoms with Crippen molar-refractivity contribution in [3.63, 3.8) is 0 Å². The molecular formula is C18H18N2O4. The predicted octanol–water partition coefficient (Wildman–Crippen LogP) is 3.18. The zero-order chi connectivity index (χ0) is 17.3. The highest BCUT2D eigenvalue weighted by Crippen LogP contribution is 2.42. The van der Waals surface area contributed by atoms with Crippen molar-refractivity contribution in [3.05, 3.63) is 53.6 Å². The maximum absolute atomic E-state index is 11.8. The summed E-state index contributed by atoms with van der Waals surface area (Å²) < 4.78 is 4.80. The Hall–Kier alpha value is -3.02. The Morgan fingerprint density at radius 3 is 2.67 bits per heavy atom. The van der Waals surface area contributed by atoms with Crippen molar-refractivity contribution in [1.29, 1.82) is 0 Å². The number of carboxylic acids is 1. The standard InChI is InChI=1S/C18H18N2O4/c1-20-15-6-4-3-5-12(15)14(10-17(21)24-2)19-13-8-7-11(18(22)23)9-16(13)20/h3-9,14,19H,10H2,1-2H3,(H,22,23). The van der Waals surface area contributed by atoms with E-state index in [0.29, 0.717) is 0 Å². The van der Waals surface area contributed by atoms with Crippen molar-refractivity contribution in [2.45, 2.75) is 12.5 Å². The molecule has 6 nitrogen and oxygen atoms in total. The van der Waals surface area contributed by atoms with Crippen LogP contribution in [0.15, 0.2) is 42.5 Å². The molecule has 24 heavy (non-hydrogen) atoms. The van der Waals surface area contributed by atoms with Crippen LogP contribution < -0.4 is 10.2 Å². The molecule has 0 saturated heterocycles. The lowest BCUT2D eigenvalue weighted by molar-refractivity contribution is -0.140. The average molecular weight is 326 g/mol. The molecule has 0 radical (unpaired) electrons. The van der Waals surface area contributed by atoms with Crippen LogP contribution in [0.2, 0.25) is 0 Å². The van der Waals surface area contributed by atoms with Gasteiger partial charge < -0.3 is 20.1 Å². The van der Waals surface area contributed by atoms with Crippen molar-refractivity contribution in [2.75, 3.05) is 24.4 Å². The number of fused-ring (bicyclic) bond motifs is 2. The first-order valence-electron chi connectivity index (χ1n) is 7.54. The minimum absolute atomic E-state index is 0.182. The van der Waals surface area contributed by atoms with Gasteiger partial charge in [-0.05, 0) is 29.8 Å². The fraction of sp³-hybridized carbons (Fsp3) is 0.222. The van der Waals surface area contributed by atoms with E-state index < -0.39 is 5.97 Å². The van der Waals surface area contributed by atoms with Gasteiger partial charge in [-0.3, -0.25) is 4.79 Å². The molecule has 1 aliphatic rings. The van der Waals surface area contributed by atoms with E-state index in [0.717, 1.165) is 22.6 Å². The zero-order valence-electron chi connectivity index (χ0n) is 13.4. The maximum atomic E-state index is 11.8. The van der Waals surface area contributed by atoms with Crippen LogP contribution in [0, 0.1) is 0 Å². The van der Waals surface area contributed by atoms with E-state index in [9.17, 15) is 14.7 Å². The van der Waals surface area contributed by atoms with Gasteiger partial charge >= 0.3 is 11.9 Å². The van der Waals surface area contributed by atoms with E-state index >= 15 is 0 Å². The summed E-state index contributed by atoms with van der Waals surface area (Å²) in [7, 11) is 3.25. The molecule has 0 amide bonds. The number of nitrogens with zero attached hydrogens (tertiary/aromatic N) is 1. The molecule has 0 bridgehead atoms. The number of esters is 1. The van der Waals surface area contributed by atoms with E-state index in [1.165, 1.54) is 7.11 Å². The van der Waals surface area contributed by atoms with E-state index in [1.54, 1.807) is 18.2 Å². The minimum Gasteiger partial charge on any atom is -0.478 e. The summed E-state index contributed by atoms with van der Waals surface area (Å²) >= 11 is 0. The number of anilines is 3. The summed E-state index contributed by atoms with van der Waals surface area (Å²) in [5.74, 6) is -1.29. The summed E-state index contributed by atoms with van der Waals surface area (Å²) in [5, 5.41) is 12.6. The molecule has 1 unspecified atom stereocenters. The van der Waals surface area contributed by atoms with Gasteiger partial charge in [-0.15, -0.1) is 0 Å². The van der Waals surface area contributed by atoms with Crippen molar-refractivity contribution < 1.29 is 19.4 Å². The highest BCUT2D eigenvalue weighted by Gasteiger charge is 2.27. The number of para-hydroxylation sites is 1. The van der Waals surface area contributed by atoms with Crippen LogP contribution in [-0.2, 0) is 9.53 Å². The number of rotatable bonds is 3. The number of benzene rings is 2. The quantitative estimate of drug-likeness (QED) is 0.844. The molecule has 1 heterocycles. The third kappa shape index (κ3) is 2.78. The van der Waals surface area contributed by atoms with Crippen molar-refractivity contribution in [3.8, 4) is 0 Å². The monoisotopic (exact) mass is 326 g/mol. The molecule has 3 rings (SSSR count). The van der Waals surface area contributed by atoms with Crippen LogP contribution >= 0.6 is 0 Å². The van der Waals surface area contributed by atoms with Crippen molar-refractivity contribution in [1.82, 2.24) is 0 Å². The molecule has 1 atom stereocenters. The largest absolute Gasteiger partial charge is 0.478 e. The van der Waals surface area contributed by atoms with Crippen LogP contribution in [0.25, 0.3) is 0 Å². The third-order valence-electron chi connectivity index (χ3n) is 4.21. The van der Waals surface area contributed by atoms with Crippen LogP contribution in [0.1, 0.15) is 28.4 Å². The first-order chi connectivity index (χ1) is 11.5. The number of carbonyl (C=O) groups is 2. The smallest absolute Gasteiger partial charge is 0.335 e. The Morgan fingerprint density at radius 1 is 1.21 bits per heavy atom. The van der Waals surface area contributed by atoms with Gasteiger partial charge in [-0.25, -0.2) is 4.79 Å². The van der Waals surface area contributed by atoms with Gasteiger partial charge in [0, 0.05) is 12.7 Å². The fourth-order valence-corrected chi connectivity index (χ4v) is 2.96. The van der Waals surface area contributed by atoms with E-state index in [2.05, 4.69) is 5.32 Å². The summed E-state index contributed by atoms with van der Waals surface area (Å²) in [6.45, 7) is 0. The number of ether oxygens (including phenoxy) is 1. The molecule has 0 aliphatic carbocycles. The first kappa shape index (κ1) is 15.9. The Morgan fingerprint density at radius 2 is 1.96 bits per heavy atom. The molecule has 2 aromatic carbocycles. The molecular weight excluding hydrogens is 308 g/mol. The SMILES string of the molecule is COC(=O)CC1Nc2ccc(C(=O)O)cc2N(C)c2ccccc21. The minimum atomic E-state index is -0.977. The normalized spacial score (nSPS) is 15.6. The topological polar surface area (TPSA) is 78.9 Å². The van der Waals surface area contributed by atoms with Gasteiger partial charge in [-0.1, -0.05) is 18.2 Å². The lowest BCUT2D eigenvalue weighted by Crippen LogP contribution is -2.16. The predicted molar refractivity (Wildman–Crippen MR) is 90.9 cm³/mol. The first-order valence-corrected chi connectivity index (χ1v) is 7.54. The summed E-state index contributed by atoms with van der Waals surface area (Å²) in [6.07, 6.45) is 0.182. The summed E-state index contributed by atoms with van der Waals surface area (Å²) in [5.41, 5.74) is 3.60. The number of nitrogens with one attached hydrogen (secondary N) is 1. The van der Waals surface area contributed by atoms with Gasteiger partial charge in [0.2, 0.25) is 0 Å². The highest BCUT2D eigenvalue weighted by molar-refractivity contribution is 5.92. The maximum Gasteiger partial charge on any atom is 0.335 e. The van der Waals surface area contributed by atoms with Crippen LogP contribution in [0.3, 0.4) is 0 Å². The van der Waals surface area contributed by atoms with Gasteiger partial charge in [0.1, 0.15) is 0 Å². The van der Waals surface area contributed by atoms with E-state index in [4.69, 9.17) is 4.74 Å². The molecule has 0 spiro atoms. The lowest BCUT2D eigenvalue weighted by Gasteiger charge is -2.21. The lowest BCUT2D eigenvalue weighted by atomic mass is 10.0. The van der Waals surface area contributed by atoms with Crippen molar-refractivity contribution >= 4 is 29.0 Å². The second-order valence-corrected chi connectivity index (χ2v) is 5.63. The Kier molecular flexibility index (Phi) is 4.12. The third-order valence-corrected chi connectivity index (χ3v) is 4.21. The molecule has 6 heteroatoms. The van der Waals surface area contributed by atoms with Gasteiger partial charge in [0.25, 0.3) is 0 Å². The van der Waals surface area contributed by atoms with E-state index in [1.807, 2.05) is 36.2 Å². The highest BCUT2D eigenvalue weighted by atomic mass is 16.5. The van der Waals surface area contributed by atoms with Crippen LogP contribution in [0.4, 0.5) is 17.1 Å². The number of methoxy groups -OCH3 is 1. The number of hydrogen-bond donors (Lipinski definition) is 2. The Balaban J connectivity index is 2.12. The molecule has 0 aromatic heterocycles. The van der Waals surface area contributed by atoms with Gasteiger partial charge in [0.15, 0.2) is 0 Å². The molecule has 1 aliphatic heterocycles. The van der Waals surface area contributed by atoms with Crippen molar-refractivity contribution in [2.24, 2.45) is 0 Å². The molecule has 2 N–H and O–H groups in total. The van der Waals surface area contributed by atoms with Crippen LogP contribution in [-0.4, -0.2) is 31.2 Å². The number of carboxylic acid groups (broad SMARTS) is 1. The fourth-order valence-electron chi connectivity index (χ4n) is 2.96.